The van der Waals surface area contributed by atoms with Gasteiger partial charge in [-0.05, 0) is 13.8 Å². The number of amides is 1. The molecule has 102 valence electrons. The Hall–Kier alpha value is -2.11. The third-order valence-electron chi connectivity index (χ3n) is 3.15. The van der Waals surface area contributed by atoms with Crippen LogP contribution in [0.5, 0.6) is 0 Å². The van der Waals surface area contributed by atoms with E-state index >= 15 is 0 Å². The number of aryl methyl sites for hydroxylation is 1. The van der Waals surface area contributed by atoms with Crippen molar-refractivity contribution in [3.05, 3.63) is 23.9 Å². The Morgan fingerprint density at radius 1 is 1.68 bits per heavy atom. The molecule has 6 nitrogen and oxygen atoms in total. The highest BCUT2D eigenvalue weighted by atomic mass is 16.5. The van der Waals surface area contributed by atoms with Crippen molar-refractivity contribution in [3.8, 4) is 0 Å². The molecule has 1 fully saturated rings. The molecule has 1 N–H and O–H groups in total. The molecular formula is C13H17N3O3. The van der Waals surface area contributed by atoms with Gasteiger partial charge in [0.2, 0.25) is 5.91 Å². The maximum atomic E-state index is 12.0. The van der Waals surface area contributed by atoms with Crippen molar-refractivity contribution in [2.24, 2.45) is 5.92 Å². The third-order valence-corrected chi connectivity index (χ3v) is 3.15. The Bertz CT molecular complexity index is 521. The van der Waals surface area contributed by atoms with Crippen LogP contribution in [0.25, 0.3) is 0 Å². The van der Waals surface area contributed by atoms with Gasteiger partial charge in [-0.15, -0.1) is 6.58 Å². The van der Waals surface area contributed by atoms with Crippen molar-refractivity contribution in [1.29, 1.82) is 0 Å². The molecule has 1 amide bonds. The molecule has 0 radical (unpaired) electrons. The molecule has 0 bridgehead atoms. The zero-order valence-electron chi connectivity index (χ0n) is 11.1. The zero-order valence-corrected chi connectivity index (χ0v) is 11.1. The van der Waals surface area contributed by atoms with Crippen molar-refractivity contribution in [2.75, 3.05) is 18.1 Å². The standard InChI is InChI=1S/C13H17N3O3/c1-4-9-6-10(17)16(7-9)12-11(8(3)14-15-12)13(18)19-5-2/h4,9H,1,5-7H2,2-3H3,(H,14,15). The molecule has 1 aliphatic rings. The van der Waals surface area contributed by atoms with E-state index in [1.165, 1.54) is 4.90 Å². The topological polar surface area (TPSA) is 75.3 Å². The van der Waals surface area contributed by atoms with Crippen LogP contribution in [0.1, 0.15) is 29.4 Å². The number of carbonyl (C=O) groups is 2. The van der Waals surface area contributed by atoms with Crippen LogP contribution in [-0.4, -0.2) is 35.2 Å². The number of ether oxygens (including phenoxy) is 1. The lowest BCUT2D eigenvalue weighted by Crippen LogP contribution is -2.27. The first-order chi connectivity index (χ1) is 9.08. The van der Waals surface area contributed by atoms with E-state index in [1.807, 2.05) is 0 Å². The van der Waals surface area contributed by atoms with Gasteiger partial charge in [0.05, 0.1) is 6.61 Å². The number of anilines is 1. The smallest absolute Gasteiger partial charge is 0.343 e. The number of rotatable bonds is 4. The van der Waals surface area contributed by atoms with Crippen molar-refractivity contribution < 1.29 is 14.3 Å². The minimum Gasteiger partial charge on any atom is -0.462 e. The molecule has 0 saturated carbocycles. The monoisotopic (exact) mass is 263 g/mol. The lowest BCUT2D eigenvalue weighted by atomic mass is 10.1. The highest BCUT2D eigenvalue weighted by Crippen LogP contribution is 2.28. The van der Waals surface area contributed by atoms with E-state index < -0.39 is 5.97 Å². The predicted octanol–water partition coefficient (Wildman–Crippen LogP) is 1.43. The van der Waals surface area contributed by atoms with E-state index in [-0.39, 0.29) is 18.4 Å². The second kappa shape index (κ2) is 5.26. The first-order valence-corrected chi connectivity index (χ1v) is 6.23. The summed E-state index contributed by atoms with van der Waals surface area (Å²) in [4.78, 5) is 25.4. The van der Waals surface area contributed by atoms with E-state index in [1.54, 1.807) is 19.9 Å². The van der Waals surface area contributed by atoms with E-state index in [2.05, 4.69) is 16.8 Å². The number of esters is 1. The third kappa shape index (κ3) is 2.38. The number of aromatic nitrogens is 2. The van der Waals surface area contributed by atoms with Gasteiger partial charge < -0.3 is 4.74 Å². The Balaban J connectivity index is 2.33. The summed E-state index contributed by atoms with van der Waals surface area (Å²) < 4.78 is 5.00. The summed E-state index contributed by atoms with van der Waals surface area (Å²) in [6.45, 7) is 7.95. The summed E-state index contributed by atoms with van der Waals surface area (Å²) >= 11 is 0. The molecule has 2 heterocycles. The van der Waals surface area contributed by atoms with Gasteiger partial charge in [0.1, 0.15) is 5.56 Å². The van der Waals surface area contributed by atoms with Crippen LogP contribution in [0.15, 0.2) is 12.7 Å². The summed E-state index contributed by atoms with van der Waals surface area (Å²) in [5, 5.41) is 6.80. The highest BCUT2D eigenvalue weighted by molar-refractivity contribution is 6.03. The van der Waals surface area contributed by atoms with Gasteiger partial charge in [-0.1, -0.05) is 6.08 Å². The van der Waals surface area contributed by atoms with E-state index in [0.29, 0.717) is 30.0 Å². The number of carbonyl (C=O) groups excluding carboxylic acids is 2. The quantitative estimate of drug-likeness (QED) is 0.658. The van der Waals surface area contributed by atoms with Crippen LogP contribution in [0.3, 0.4) is 0 Å². The Morgan fingerprint density at radius 3 is 3.00 bits per heavy atom. The Labute approximate surface area is 111 Å². The molecule has 0 spiro atoms. The molecule has 1 aromatic heterocycles. The van der Waals surface area contributed by atoms with Gasteiger partial charge in [0.25, 0.3) is 0 Å². The van der Waals surface area contributed by atoms with Gasteiger partial charge in [-0.3, -0.25) is 14.8 Å². The first-order valence-electron chi connectivity index (χ1n) is 6.23. The number of nitrogens with zero attached hydrogens (tertiary/aromatic N) is 2. The van der Waals surface area contributed by atoms with Gasteiger partial charge in [-0.25, -0.2) is 4.79 Å². The van der Waals surface area contributed by atoms with E-state index in [0.717, 1.165) is 0 Å². The maximum Gasteiger partial charge on any atom is 0.343 e. The number of hydrogen-bond acceptors (Lipinski definition) is 4. The molecule has 2 rings (SSSR count). The maximum absolute atomic E-state index is 12.0. The molecule has 1 saturated heterocycles. The van der Waals surface area contributed by atoms with E-state index in [9.17, 15) is 9.59 Å². The molecule has 1 atom stereocenters. The van der Waals surface area contributed by atoms with Crippen LogP contribution < -0.4 is 4.90 Å². The Kier molecular flexibility index (Phi) is 3.69. The second-order valence-corrected chi connectivity index (χ2v) is 4.47. The number of aromatic amines is 1. The molecule has 1 aromatic rings. The van der Waals surface area contributed by atoms with Crippen LogP contribution in [0, 0.1) is 12.8 Å². The van der Waals surface area contributed by atoms with Crippen molar-refractivity contribution >= 4 is 17.7 Å². The van der Waals surface area contributed by atoms with Gasteiger partial charge in [-0.2, -0.15) is 5.10 Å². The minimum atomic E-state index is -0.460. The molecule has 1 aliphatic heterocycles. The SMILES string of the molecule is C=CC1CC(=O)N(c2n[nH]c(C)c2C(=O)OCC)C1. The van der Waals surface area contributed by atoms with Crippen molar-refractivity contribution in [3.63, 3.8) is 0 Å². The van der Waals surface area contributed by atoms with Crippen LogP contribution in [-0.2, 0) is 9.53 Å². The first kappa shape index (κ1) is 13.3. The van der Waals surface area contributed by atoms with Gasteiger partial charge in [0, 0.05) is 24.6 Å². The summed E-state index contributed by atoms with van der Waals surface area (Å²) in [6, 6.07) is 0. The molecule has 19 heavy (non-hydrogen) atoms. The van der Waals surface area contributed by atoms with Gasteiger partial charge >= 0.3 is 5.97 Å². The molecule has 0 aliphatic carbocycles. The summed E-state index contributed by atoms with van der Waals surface area (Å²) in [7, 11) is 0. The molecule has 6 heteroatoms. The second-order valence-electron chi connectivity index (χ2n) is 4.47. The largest absolute Gasteiger partial charge is 0.462 e. The fourth-order valence-corrected chi connectivity index (χ4v) is 2.16. The Morgan fingerprint density at radius 2 is 2.42 bits per heavy atom. The minimum absolute atomic E-state index is 0.0538. The molecule has 0 aromatic carbocycles. The van der Waals surface area contributed by atoms with Crippen molar-refractivity contribution in [2.45, 2.75) is 20.3 Å². The normalized spacial score (nSPS) is 18.7. The summed E-state index contributed by atoms with van der Waals surface area (Å²) in [6.07, 6.45) is 2.15. The summed E-state index contributed by atoms with van der Waals surface area (Å²) in [5.41, 5.74) is 0.934. The summed E-state index contributed by atoms with van der Waals surface area (Å²) in [5.74, 6) is -0.0644. The lowest BCUT2D eigenvalue weighted by Gasteiger charge is -2.14. The van der Waals surface area contributed by atoms with Crippen LogP contribution in [0.2, 0.25) is 0 Å². The average Bonchev–Trinajstić information content (AvgIpc) is 2.92. The molecular weight excluding hydrogens is 246 g/mol. The number of H-pyrrole nitrogens is 1. The fraction of sp³-hybridized carbons (Fsp3) is 0.462. The number of hydrogen-bond donors (Lipinski definition) is 1. The number of nitrogens with one attached hydrogen (secondary N) is 1. The average molecular weight is 263 g/mol. The highest BCUT2D eigenvalue weighted by Gasteiger charge is 2.34. The van der Waals surface area contributed by atoms with E-state index in [4.69, 9.17) is 4.74 Å². The predicted molar refractivity (Wildman–Crippen MR) is 69.9 cm³/mol. The van der Waals surface area contributed by atoms with Crippen LogP contribution in [0.4, 0.5) is 5.82 Å². The zero-order chi connectivity index (χ0) is 14.0. The fourth-order valence-electron chi connectivity index (χ4n) is 2.16. The molecule has 1 unspecified atom stereocenters. The van der Waals surface area contributed by atoms with Crippen LogP contribution >= 0.6 is 0 Å². The van der Waals surface area contributed by atoms with Gasteiger partial charge in [0.15, 0.2) is 5.82 Å². The van der Waals surface area contributed by atoms with Crippen molar-refractivity contribution in [1.82, 2.24) is 10.2 Å². The lowest BCUT2D eigenvalue weighted by molar-refractivity contribution is -0.117.